The third kappa shape index (κ3) is 2.96. The molecule has 0 atom stereocenters. The van der Waals surface area contributed by atoms with Crippen molar-refractivity contribution in [3.63, 3.8) is 0 Å². The van der Waals surface area contributed by atoms with Crippen molar-refractivity contribution in [2.24, 2.45) is 7.05 Å². The van der Waals surface area contributed by atoms with Crippen LogP contribution in [0.25, 0.3) is 0 Å². The molecule has 2 heterocycles. The van der Waals surface area contributed by atoms with Crippen LogP contribution in [0.15, 0.2) is 42.6 Å². The summed E-state index contributed by atoms with van der Waals surface area (Å²) < 4.78 is 1.87. The van der Waals surface area contributed by atoms with E-state index in [1.807, 2.05) is 17.9 Å². The molecular formula is C15H20N4. The molecule has 2 aromatic rings. The van der Waals surface area contributed by atoms with Gasteiger partial charge in [-0.2, -0.15) is 5.10 Å². The SMILES string of the molecule is Cn1ccc(N2CCN(Cc3ccccc3)CC2)n1. The third-order valence-electron chi connectivity index (χ3n) is 3.64. The summed E-state index contributed by atoms with van der Waals surface area (Å²) in [7, 11) is 1.97. The van der Waals surface area contributed by atoms with Gasteiger partial charge in [-0.1, -0.05) is 30.3 Å². The Hall–Kier alpha value is -1.81. The van der Waals surface area contributed by atoms with E-state index in [4.69, 9.17) is 0 Å². The largest absolute Gasteiger partial charge is 0.353 e. The van der Waals surface area contributed by atoms with E-state index in [0.717, 1.165) is 38.5 Å². The zero-order chi connectivity index (χ0) is 13.1. The summed E-state index contributed by atoms with van der Waals surface area (Å²) in [6, 6.07) is 12.8. The van der Waals surface area contributed by atoms with E-state index in [-0.39, 0.29) is 0 Å². The maximum atomic E-state index is 4.47. The first-order chi connectivity index (χ1) is 9.31. The lowest BCUT2D eigenvalue weighted by Crippen LogP contribution is -2.46. The van der Waals surface area contributed by atoms with Crippen molar-refractivity contribution >= 4 is 5.82 Å². The summed E-state index contributed by atoms with van der Waals surface area (Å²) in [5.74, 6) is 1.10. The number of hydrogen-bond acceptors (Lipinski definition) is 3. The van der Waals surface area contributed by atoms with Crippen molar-refractivity contribution in [3.05, 3.63) is 48.2 Å². The Labute approximate surface area is 114 Å². The van der Waals surface area contributed by atoms with Gasteiger partial charge in [0.1, 0.15) is 0 Å². The first kappa shape index (κ1) is 12.2. The highest BCUT2D eigenvalue weighted by molar-refractivity contribution is 5.37. The Morgan fingerprint density at radius 2 is 1.74 bits per heavy atom. The molecule has 0 saturated carbocycles. The molecule has 0 N–H and O–H groups in total. The Bertz CT molecular complexity index is 512. The molecule has 1 aromatic heterocycles. The van der Waals surface area contributed by atoms with E-state index < -0.39 is 0 Å². The second kappa shape index (κ2) is 5.45. The third-order valence-corrected chi connectivity index (χ3v) is 3.64. The molecule has 1 saturated heterocycles. The van der Waals surface area contributed by atoms with Crippen molar-refractivity contribution in [3.8, 4) is 0 Å². The number of benzene rings is 1. The van der Waals surface area contributed by atoms with Crippen LogP contribution in [0.2, 0.25) is 0 Å². The van der Waals surface area contributed by atoms with Gasteiger partial charge in [0.25, 0.3) is 0 Å². The van der Waals surface area contributed by atoms with E-state index in [0.29, 0.717) is 0 Å². The van der Waals surface area contributed by atoms with Crippen molar-refractivity contribution < 1.29 is 0 Å². The molecular weight excluding hydrogens is 236 g/mol. The van der Waals surface area contributed by atoms with Gasteiger partial charge >= 0.3 is 0 Å². The van der Waals surface area contributed by atoms with Gasteiger partial charge in [-0.3, -0.25) is 9.58 Å². The van der Waals surface area contributed by atoms with E-state index in [9.17, 15) is 0 Å². The first-order valence-corrected chi connectivity index (χ1v) is 6.82. The minimum absolute atomic E-state index is 1.05. The lowest BCUT2D eigenvalue weighted by Gasteiger charge is -2.34. The molecule has 0 bridgehead atoms. The summed E-state index contributed by atoms with van der Waals surface area (Å²) in [6.45, 7) is 5.38. The number of aromatic nitrogens is 2. The van der Waals surface area contributed by atoms with Gasteiger partial charge in [-0.15, -0.1) is 0 Å². The molecule has 0 unspecified atom stereocenters. The zero-order valence-electron chi connectivity index (χ0n) is 11.4. The van der Waals surface area contributed by atoms with Crippen molar-refractivity contribution in [2.45, 2.75) is 6.54 Å². The Balaban J connectivity index is 1.55. The Kier molecular flexibility index (Phi) is 3.51. The number of aryl methyl sites for hydroxylation is 1. The number of rotatable bonds is 3. The second-order valence-corrected chi connectivity index (χ2v) is 5.10. The molecule has 1 aliphatic heterocycles. The molecule has 19 heavy (non-hydrogen) atoms. The van der Waals surface area contributed by atoms with Gasteiger partial charge in [-0.05, 0) is 5.56 Å². The van der Waals surface area contributed by atoms with Crippen LogP contribution < -0.4 is 4.90 Å². The normalized spacial score (nSPS) is 16.8. The molecule has 1 aliphatic rings. The fourth-order valence-corrected chi connectivity index (χ4v) is 2.55. The van der Waals surface area contributed by atoms with Crippen molar-refractivity contribution in [2.75, 3.05) is 31.1 Å². The summed E-state index contributed by atoms with van der Waals surface area (Å²) in [5, 5.41) is 4.47. The molecule has 1 aromatic carbocycles. The molecule has 0 spiro atoms. The van der Waals surface area contributed by atoms with E-state index in [1.54, 1.807) is 0 Å². The summed E-state index contributed by atoms with van der Waals surface area (Å²) >= 11 is 0. The van der Waals surface area contributed by atoms with E-state index >= 15 is 0 Å². The summed E-state index contributed by atoms with van der Waals surface area (Å²) in [5.41, 5.74) is 1.40. The molecule has 0 aliphatic carbocycles. The Morgan fingerprint density at radius 1 is 1.00 bits per heavy atom. The highest BCUT2D eigenvalue weighted by Gasteiger charge is 2.18. The van der Waals surface area contributed by atoms with Gasteiger partial charge < -0.3 is 4.90 Å². The zero-order valence-corrected chi connectivity index (χ0v) is 11.4. The quantitative estimate of drug-likeness (QED) is 0.836. The first-order valence-electron chi connectivity index (χ1n) is 6.82. The minimum atomic E-state index is 1.05. The average Bonchev–Trinajstić information content (AvgIpc) is 2.87. The maximum Gasteiger partial charge on any atom is 0.150 e. The molecule has 4 nitrogen and oxygen atoms in total. The van der Waals surface area contributed by atoms with Crippen LogP contribution in [-0.2, 0) is 13.6 Å². The summed E-state index contributed by atoms with van der Waals surface area (Å²) in [4.78, 5) is 4.87. The number of piperazine rings is 1. The predicted octanol–water partition coefficient (Wildman–Crippen LogP) is 1.74. The summed E-state index contributed by atoms with van der Waals surface area (Å²) in [6.07, 6.45) is 2.01. The molecule has 0 radical (unpaired) electrons. The topological polar surface area (TPSA) is 24.3 Å². The van der Waals surface area contributed by atoms with Crippen LogP contribution in [0.3, 0.4) is 0 Å². The smallest absolute Gasteiger partial charge is 0.150 e. The lowest BCUT2D eigenvalue weighted by atomic mass is 10.2. The van der Waals surface area contributed by atoms with Crippen LogP contribution >= 0.6 is 0 Å². The van der Waals surface area contributed by atoms with Crippen LogP contribution in [0, 0.1) is 0 Å². The van der Waals surface area contributed by atoms with Crippen molar-refractivity contribution in [1.29, 1.82) is 0 Å². The fraction of sp³-hybridized carbons (Fsp3) is 0.400. The van der Waals surface area contributed by atoms with Gasteiger partial charge in [0.15, 0.2) is 5.82 Å². The average molecular weight is 256 g/mol. The maximum absolute atomic E-state index is 4.47. The molecule has 100 valence electrons. The van der Waals surface area contributed by atoms with Gasteiger partial charge in [0.2, 0.25) is 0 Å². The molecule has 1 fully saturated rings. The second-order valence-electron chi connectivity index (χ2n) is 5.10. The van der Waals surface area contributed by atoms with Crippen LogP contribution in [0.1, 0.15) is 5.56 Å². The number of anilines is 1. The molecule has 3 rings (SSSR count). The molecule has 0 amide bonds. The van der Waals surface area contributed by atoms with Crippen LogP contribution in [-0.4, -0.2) is 40.9 Å². The van der Waals surface area contributed by atoms with Crippen LogP contribution in [0.4, 0.5) is 5.82 Å². The highest BCUT2D eigenvalue weighted by Crippen LogP contribution is 2.14. The monoisotopic (exact) mass is 256 g/mol. The van der Waals surface area contributed by atoms with Crippen molar-refractivity contribution in [1.82, 2.24) is 14.7 Å². The standard InChI is InChI=1S/C15H20N4/c1-17-8-7-15(16-17)19-11-9-18(10-12-19)13-14-5-3-2-4-6-14/h2-8H,9-13H2,1H3. The fourth-order valence-electron chi connectivity index (χ4n) is 2.55. The number of hydrogen-bond donors (Lipinski definition) is 0. The molecule has 4 heteroatoms. The predicted molar refractivity (Wildman–Crippen MR) is 77.1 cm³/mol. The van der Waals surface area contributed by atoms with Gasteiger partial charge in [0.05, 0.1) is 0 Å². The van der Waals surface area contributed by atoms with Crippen LogP contribution in [0.5, 0.6) is 0 Å². The highest BCUT2D eigenvalue weighted by atomic mass is 15.4. The lowest BCUT2D eigenvalue weighted by molar-refractivity contribution is 0.249. The number of nitrogens with zero attached hydrogens (tertiary/aromatic N) is 4. The van der Waals surface area contributed by atoms with E-state index in [2.05, 4.69) is 51.3 Å². The van der Waals surface area contributed by atoms with E-state index in [1.165, 1.54) is 5.56 Å². The Morgan fingerprint density at radius 3 is 2.37 bits per heavy atom. The minimum Gasteiger partial charge on any atom is -0.353 e. The van der Waals surface area contributed by atoms with Gasteiger partial charge in [0, 0.05) is 52.0 Å². The van der Waals surface area contributed by atoms with Gasteiger partial charge in [-0.25, -0.2) is 0 Å².